The number of carbonyl (C=O) groups is 6. The molecule has 0 bridgehead atoms. The molecule has 3 aromatic rings. The van der Waals surface area contributed by atoms with Crippen LogP contribution >= 0.6 is 0 Å². The van der Waals surface area contributed by atoms with Crippen molar-refractivity contribution in [1.82, 2.24) is 20.4 Å². The van der Waals surface area contributed by atoms with E-state index in [-0.39, 0.29) is 66.3 Å². The molecule has 0 unspecified atom stereocenters. The Kier molecular flexibility index (Phi) is 15.3. The maximum Gasteiger partial charge on any atom is 0.416 e. The van der Waals surface area contributed by atoms with Gasteiger partial charge in [0.1, 0.15) is 24.3 Å². The number of amides is 6. The normalized spacial score (nSPS) is 19.3. The summed E-state index contributed by atoms with van der Waals surface area (Å²) in [7, 11) is 2.94. The lowest BCUT2D eigenvalue weighted by Crippen LogP contribution is -2.56. The number of aliphatic hydroxyl groups excluding tert-OH is 1. The van der Waals surface area contributed by atoms with Gasteiger partial charge < -0.3 is 59.6 Å². The molecule has 4 aliphatic rings. The van der Waals surface area contributed by atoms with Crippen molar-refractivity contribution in [3.8, 4) is 23.0 Å². The molecule has 20 nitrogen and oxygen atoms in total. The third kappa shape index (κ3) is 11.0. The Balaban J connectivity index is 0.987. The van der Waals surface area contributed by atoms with E-state index in [2.05, 4.69) is 20.9 Å². The lowest BCUT2D eigenvalue weighted by molar-refractivity contribution is -0.140. The minimum absolute atomic E-state index is 0.0384. The van der Waals surface area contributed by atoms with E-state index in [1.165, 1.54) is 47.1 Å². The van der Waals surface area contributed by atoms with E-state index in [1.54, 1.807) is 61.4 Å². The zero-order chi connectivity index (χ0) is 49.7. The van der Waals surface area contributed by atoms with Crippen LogP contribution in [0.5, 0.6) is 23.0 Å². The molecular weight excluding hydrogens is 895 g/mol. The number of aliphatic imine (C=N–C) groups is 1. The molecule has 2 fully saturated rings. The summed E-state index contributed by atoms with van der Waals surface area (Å²) in [5.41, 5.74) is 0.364. The number of rotatable bonds is 17. The summed E-state index contributed by atoms with van der Waals surface area (Å²) in [4.78, 5) is 88.8. The van der Waals surface area contributed by atoms with Gasteiger partial charge >= 0.3 is 6.09 Å². The van der Waals surface area contributed by atoms with Crippen molar-refractivity contribution in [2.45, 2.75) is 109 Å². The number of benzene rings is 3. The minimum atomic E-state index is -1.70. The topological polar surface area (TPSA) is 247 Å². The summed E-state index contributed by atoms with van der Waals surface area (Å²) < 4.78 is 29.2. The Morgan fingerprint density at radius 1 is 0.812 bits per heavy atom. The molecule has 0 spiro atoms. The number of anilines is 2. The summed E-state index contributed by atoms with van der Waals surface area (Å²) in [5, 5.41) is 29.6. The maximum atomic E-state index is 14.1. The van der Waals surface area contributed by atoms with E-state index in [1.807, 2.05) is 4.90 Å². The van der Waals surface area contributed by atoms with Crippen LogP contribution in [-0.4, -0.2) is 138 Å². The number of aliphatic hydroxyl groups is 2. The molecule has 5 N–H and O–H groups in total. The van der Waals surface area contributed by atoms with Crippen LogP contribution in [0.25, 0.3) is 0 Å². The molecule has 4 heterocycles. The SMILES string of the molecule is COc1cc2c(cc1OCCCOc1cc3c(cc1OC)C(=O)N1CCC[C@H]1[C@H](O)N3C(=O)OCc1ccc(NC(=O)[C@H](C)NC(=O)[C@@H](NC(=O)C(C)(C)O)C(C)C)cc1)N=C[C@@H]1CCCN1C2=O. The first-order valence-corrected chi connectivity index (χ1v) is 23.1. The van der Waals surface area contributed by atoms with Crippen LogP contribution < -0.4 is 39.8 Å². The van der Waals surface area contributed by atoms with Crippen molar-refractivity contribution < 1.29 is 62.7 Å². The smallest absolute Gasteiger partial charge is 0.416 e. The van der Waals surface area contributed by atoms with Crippen molar-refractivity contribution in [3.63, 3.8) is 0 Å². The Bertz CT molecular complexity index is 2470. The van der Waals surface area contributed by atoms with E-state index in [9.17, 15) is 39.0 Å². The Hall–Kier alpha value is -6.93. The van der Waals surface area contributed by atoms with Gasteiger partial charge in [-0.05, 0) is 82.2 Å². The highest BCUT2D eigenvalue weighted by Crippen LogP contribution is 2.42. The Morgan fingerprint density at radius 2 is 1.43 bits per heavy atom. The van der Waals surface area contributed by atoms with Crippen molar-refractivity contribution in [1.29, 1.82) is 0 Å². The van der Waals surface area contributed by atoms with Gasteiger partial charge in [0.2, 0.25) is 11.8 Å². The summed E-state index contributed by atoms with van der Waals surface area (Å²) in [6, 6.07) is 10.0. The first kappa shape index (κ1) is 50.0. The van der Waals surface area contributed by atoms with Gasteiger partial charge in [-0.2, -0.15) is 0 Å². The first-order valence-electron chi connectivity index (χ1n) is 23.1. The fourth-order valence-electron chi connectivity index (χ4n) is 8.64. The van der Waals surface area contributed by atoms with E-state index < -0.39 is 53.8 Å². The van der Waals surface area contributed by atoms with Crippen LogP contribution in [0.3, 0.4) is 0 Å². The molecule has 7 rings (SSSR count). The molecule has 0 saturated carbocycles. The zero-order valence-electron chi connectivity index (χ0n) is 39.9. The molecule has 0 aromatic heterocycles. The number of ether oxygens (including phenoxy) is 5. The monoisotopic (exact) mass is 955 g/mol. The number of nitrogens with one attached hydrogen (secondary N) is 3. The Morgan fingerprint density at radius 3 is 2.09 bits per heavy atom. The number of methoxy groups -OCH3 is 2. The average molecular weight is 956 g/mol. The average Bonchev–Trinajstić information content (AvgIpc) is 3.98. The van der Waals surface area contributed by atoms with Gasteiger partial charge in [-0.25, -0.2) is 9.69 Å². The van der Waals surface area contributed by atoms with Gasteiger partial charge in [-0.15, -0.1) is 0 Å². The second-order valence-corrected chi connectivity index (χ2v) is 18.3. The molecule has 20 heteroatoms. The zero-order valence-corrected chi connectivity index (χ0v) is 39.9. The number of hydrogen-bond donors (Lipinski definition) is 5. The third-order valence-electron chi connectivity index (χ3n) is 12.5. The first-order chi connectivity index (χ1) is 32.9. The molecule has 0 radical (unpaired) electrons. The highest BCUT2D eigenvalue weighted by atomic mass is 16.6. The summed E-state index contributed by atoms with van der Waals surface area (Å²) in [5.74, 6) is -1.42. The van der Waals surface area contributed by atoms with Crippen LogP contribution in [0.2, 0.25) is 0 Å². The summed E-state index contributed by atoms with van der Waals surface area (Å²) >= 11 is 0. The number of hydrogen-bond acceptors (Lipinski definition) is 14. The van der Waals surface area contributed by atoms with Crippen LogP contribution in [0.1, 0.15) is 93.0 Å². The van der Waals surface area contributed by atoms with Crippen LogP contribution in [0, 0.1) is 5.92 Å². The Labute approximate surface area is 400 Å². The van der Waals surface area contributed by atoms with E-state index in [4.69, 9.17) is 23.7 Å². The van der Waals surface area contributed by atoms with Gasteiger partial charge in [0.05, 0.1) is 62.0 Å². The highest BCUT2D eigenvalue weighted by Gasteiger charge is 2.45. The predicted octanol–water partition coefficient (Wildman–Crippen LogP) is 4.31. The lowest BCUT2D eigenvalue weighted by Gasteiger charge is -2.31. The van der Waals surface area contributed by atoms with Crippen molar-refractivity contribution >= 4 is 58.9 Å². The molecular formula is C49H61N7O13. The van der Waals surface area contributed by atoms with Crippen LogP contribution in [0.15, 0.2) is 53.5 Å². The molecule has 0 aliphatic carbocycles. The standard InChI is InChI=1S/C49H61N7O13/c1-27(2)41(53-47(62)49(4,5)64)43(58)51-28(3)42(57)52-30-15-13-29(14-16-30)26-69-48(63)56-36-24-40(38(66-7)22-33(36)45(60)55-18-9-12-35(55)46(56)61)68-20-10-19-67-39-23-34-32(21-37(39)65-6)44(59)54-17-8-11-31(54)25-50-34/h13-16,21-25,27-28,31,35,41,46,61,64H,8-12,17-20,26H2,1-7H3,(H,51,58)(H,52,57)(H,53,62)/t28-,31-,35-,41-,46-/m0/s1. The van der Waals surface area contributed by atoms with Gasteiger partial charge in [0, 0.05) is 43.5 Å². The lowest BCUT2D eigenvalue weighted by atomic mass is 10.0. The highest BCUT2D eigenvalue weighted by molar-refractivity contribution is 6.06. The largest absolute Gasteiger partial charge is 0.493 e. The third-order valence-corrected chi connectivity index (χ3v) is 12.5. The maximum absolute atomic E-state index is 14.1. The molecule has 69 heavy (non-hydrogen) atoms. The molecule has 370 valence electrons. The molecule has 2 saturated heterocycles. The predicted molar refractivity (Wildman–Crippen MR) is 252 cm³/mol. The number of fused-ring (bicyclic) bond motifs is 4. The van der Waals surface area contributed by atoms with Crippen LogP contribution in [0.4, 0.5) is 21.9 Å². The summed E-state index contributed by atoms with van der Waals surface area (Å²) in [6.45, 7) is 8.69. The van der Waals surface area contributed by atoms with Crippen molar-refractivity contribution in [3.05, 3.63) is 65.2 Å². The van der Waals surface area contributed by atoms with E-state index in [0.29, 0.717) is 66.4 Å². The van der Waals surface area contributed by atoms with Gasteiger partial charge in [0.15, 0.2) is 29.2 Å². The van der Waals surface area contributed by atoms with E-state index >= 15 is 0 Å². The molecule has 5 atom stereocenters. The second kappa shape index (κ2) is 21.2. The van der Waals surface area contributed by atoms with Gasteiger partial charge in [-0.3, -0.25) is 29.0 Å². The minimum Gasteiger partial charge on any atom is -0.493 e. The van der Waals surface area contributed by atoms with Crippen molar-refractivity contribution in [2.24, 2.45) is 10.9 Å². The van der Waals surface area contributed by atoms with E-state index in [0.717, 1.165) is 17.7 Å². The fraction of sp³-hybridized carbons (Fsp3) is 0.490. The fourth-order valence-corrected chi connectivity index (χ4v) is 8.64. The number of carbonyl (C=O) groups excluding carboxylic acids is 6. The molecule has 3 aromatic carbocycles. The van der Waals surface area contributed by atoms with Crippen LogP contribution in [-0.2, 0) is 25.7 Å². The summed E-state index contributed by atoms with van der Waals surface area (Å²) in [6.07, 6.45) is 2.68. The molecule has 4 aliphatic heterocycles. The number of nitrogens with zero attached hydrogens (tertiary/aromatic N) is 4. The van der Waals surface area contributed by atoms with Gasteiger partial charge in [0.25, 0.3) is 17.7 Å². The molecule has 6 amide bonds. The second-order valence-electron chi connectivity index (χ2n) is 18.3. The quantitative estimate of drug-likeness (QED) is 0.119. The van der Waals surface area contributed by atoms with Crippen molar-refractivity contribution in [2.75, 3.05) is 50.7 Å². The van der Waals surface area contributed by atoms with Gasteiger partial charge in [-0.1, -0.05) is 26.0 Å².